The molecular formula is C15H18ClN3O. The lowest BCUT2D eigenvalue weighted by molar-refractivity contribution is -0.119. The maximum atomic E-state index is 11.2. The molecule has 0 radical (unpaired) electrons. The summed E-state index contributed by atoms with van der Waals surface area (Å²) in [5, 5.41) is 1.67. The lowest BCUT2D eigenvalue weighted by Crippen LogP contribution is -2.38. The average molecular weight is 292 g/mol. The molecule has 20 heavy (non-hydrogen) atoms. The molecule has 1 amide bonds. The van der Waals surface area contributed by atoms with E-state index in [0.29, 0.717) is 11.6 Å². The molecule has 2 N–H and O–H groups in total. The van der Waals surface area contributed by atoms with E-state index in [1.165, 1.54) is 0 Å². The number of carbonyl (C=O) groups is 1. The first-order valence-electron chi connectivity index (χ1n) is 6.53. The number of benzene rings is 1. The summed E-state index contributed by atoms with van der Waals surface area (Å²) < 4.78 is 0. The molecule has 0 bridgehead atoms. The molecule has 0 saturated carbocycles. The molecule has 1 heterocycles. The Morgan fingerprint density at radius 3 is 2.85 bits per heavy atom. The molecule has 0 aliphatic heterocycles. The van der Waals surface area contributed by atoms with Crippen molar-refractivity contribution in [2.75, 3.05) is 6.54 Å². The number of halogens is 1. The molecule has 0 aliphatic rings. The van der Waals surface area contributed by atoms with Gasteiger partial charge in [-0.1, -0.05) is 17.7 Å². The van der Waals surface area contributed by atoms with E-state index in [1.807, 2.05) is 43.0 Å². The first-order chi connectivity index (χ1) is 9.47. The predicted molar refractivity (Wildman–Crippen MR) is 81.5 cm³/mol. The number of hydrogen-bond donors (Lipinski definition) is 1. The summed E-state index contributed by atoms with van der Waals surface area (Å²) in [7, 11) is 0. The summed E-state index contributed by atoms with van der Waals surface area (Å²) in [6.07, 6.45) is 1.76. The van der Waals surface area contributed by atoms with Gasteiger partial charge in [0.2, 0.25) is 5.91 Å². The van der Waals surface area contributed by atoms with Crippen LogP contribution in [0.2, 0.25) is 5.02 Å². The number of aromatic nitrogens is 1. The second-order valence-electron chi connectivity index (χ2n) is 5.11. The average Bonchev–Trinajstić information content (AvgIpc) is 2.37. The van der Waals surface area contributed by atoms with Crippen molar-refractivity contribution < 1.29 is 4.79 Å². The van der Waals surface area contributed by atoms with Crippen molar-refractivity contribution in [1.82, 2.24) is 9.88 Å². The van der Waals surface area contributed by atoms with E-state index in [2.05, 4.69) is 4.98 Å². The Morgan fingerprint density at radius 1 is 1.45 bits per heavy atom. The Kier molecular flexibility index (Phi) is 4.57. The zero-order valence-electron chi connectivity index (χ0n) is 11.6. The van der Waals surface area contributed by atoms with Crippen molar-refractivity contribution in [3.8, 4) is 0 Å². The van der Waals surface area contributed by atoms with Crippen LogP contribution >= 0.6 is 11.6 Å². The second kappa shape index (κ2) is 6.20. The molecular weight excluding hydrogens is 274 g/mol. The minimum absolute atomic E-state index is 0.209. The maximum absolute atomic E-state index is 11.2. The fourth-order valence-electron chi connectivity index (χ4n) is 2.19. The lowest BCUT2D eigenvalue weighted by atomic mass is 10.1. The second-order valence-corrected chi connectivity index (χ2v) is 5.54. The Morgan fingerprint density at radius 2 is 2.20 bits per heavy atom. The number of fused-ring (bicyclic) bond motifs is 1. The SMILES string of the molecule is CC(C)N(CC(N)=O)Cc1cc(Cl)cc2cccnc12. The highest BCUT2D eigenvalue weighted by Gasteiger charge is 2.15. The van der Waals surface area contributed by atoms with Gasteiger partial charge >= 0.3 is 0 Å². The van der Waals surface area contributed by atoms with Crippen LogP contribution < -0.4 is 5.73 Å². The van der Waals surface area contributed by atoms with Gasteiger partial charge in [0.1, 0.15) is 0 Å². The highest BCUT2D eigenvalue weighted by molar-refractivity contribution is 6.31. The fourth-order valence-corrected chi connectivity index (χ4v) is 2.44. The Bertz CT molecular complexity index is 628. The molecule has 1 aromatic carbocycles. The van der Waals surface area contributed by atoms with Crippen LogP contribution in [0.5, 0.6) is 0 Å². The van der Waals surface area contributed by atoms with E-state index >= 15 is 0 Å². The number of hydrogen-bond acceptors (Lipinski definition) is 3. The Hall–Kier alpha value is -1.65. The predicted octanol–water partition coefficient (Wildman–Crippen LogP) is 2.58. The minimum Gasteiger partial charge on any atom is -0.369 e. The maximum Gasteiger partial charge on any atom is 0.231 e. The molecule has 0 aliphatic carbocycles. The molecule has 0 atom stereocenters. The van der Waals surface area contributed by atoms with Crippen LogP contribution in [0.3, 0.4) is 0 Å². The van der Waals surface area contributed by atoms with Gasteiger partial charge in [-0.05, 0) is 37.6 Å². The smallest absolute Gasteiger partial charge is 0.231 e. The number of nitrogens with zero attached hydrogens (tertiary/aromatic N) is 2. The first-order valence-corrected chi connectivity index (χ1v) is 6.90. The molecule has 2 rings (SSSR count). The normalized spacial score (nSPS) is 11.4. The molecule has 0 unspecified atom stereocenters. The van der Waals surface area contributed by atoms with Crippen molar-refractivity contribution >= 4 is 28.4 Å². The molecule has 0 fully saturated rings. The lowest BCUT2D eigenvalue weighted by Gasteiger charge is -2.25. The zero-order valence-corrected chi connectivity index (χ0v) is 12.4. The van der Waals surface area contributed by atoms with E-state index in [1.54, 1.807) is 6.20 Å². The van der Waals surface area contributed by atoms with Crippen molar-refractivity contribution in [3.63, 3.8) is 0 Å². The first kappa shape index (κ1) is 14.8. The van der Waals surface area contributed by atoms with E-state index in [4.69, 9.17) is 17.3 Å². The highest BCUT2D eigenvalue weighted by Crippen LogP contribution is 2.23. The van der Waals surface area contributed by atoms with Gasteiger partial charge in [-0.3, -0.25) is 14.7 Å². The topological polar surface area (TPSA) is 59.2 Å². The summed E-state index contributed by atoms with van der Waals surface area (Å²) in [5.74, 6) is -0.335. The van der Waals surface area contributed by atoms with E-state index in [0.717, 1.165) is 16.5 Å². The monoisotopic (exact) mass is 291 g/mol. The number of primary amides is 1. The summed E-state index contributed by atoms with van der Waals surface area (Å²) in [6, 6.07) is 7.85. The molecule has 2 aromatic rings. The Labute approximate surface area is 123 Å². The minimum atomic E-state index is -0.335. The zero-order chi connectivity index (χ0) is 14.7. The standard InChI is InChI=1S/C15H18ClN3O/c1-10(2)19(9-14(17)20)8-12-7-13(16)6-11-4-3-5-18-15(11)12/h3-7,10H,8-9H2,1-2H3,(H2,17,20). The van der Waals surface area contributed by atoms with Gasteiger partial charge in [0, 0.05) is 29.2 Å². The summed E-state index contributed by atoms with van der Waals surface area (Å²) in [6.45, 7) is 4.87. The van der Waals surface area contributed by atoms with Gasteiger partial charge in [0.15, 0.2) is 0 Å². The molecule has 1 aromatic heterocycles. The van der Waals surface area contributed by atoms with Crippen LogP contribution in [0, 0.1) is 0 Å². The molecule has 0 saturated heterocycles. The van der Waals surface area contributed by atoms with Crippen molar-refractivity contribution in [3.05, 3.63) is 41.0 Å². The third kappa shape index (κ3) is 3.46. The van der Waals surface area contributed by atoms with Gasteiger partial charge in [0.25, 0.3) is 0 Å². The third-order valence-corrected chi connectivity index (χ3v) is 3.43. The van der Waals surface area contributed by atoms with Gasteiger partial charge in [0.05, 0.1) is 12.1 Å². The molecule has 106 valence electrons. The summed E-state index contributed by atoms with van der Waals surface area (Å²) in [5.41, 5.74) is 7.22. The van der Waals surface area contributed by atoms with Crippen LogP contribution in [0.25, 0.3) is 10.9 Å². The van der Waals surface area contributed by atoms with Crippen molar-refractivity contribution in [2.45, 2.75) is 26.4 Å². The van der Waals surface area contributed by atoms with E-state index in [9.17, 15) is 4.79 Å². The fraction of sp³-hybridized carbons (Fsp3) is 0.333. The van der Waals surface area contributed by atoms with E-state index < -0.39 is 0 Å². The number of rotatable bonds is 5. The molecule has 5 heteroatoms. The highest BCUT2D eigenvalue weighted by atomic mass is 35.5. The van der Waals surface area contributed by atoms with Crippen LogP contribution in [0.15, 0.2) is 30.5 Å². The number of pyridine rings is 1. The third-order valence-electron chi connectivity index (χ3n) is 3.21. The molecule has 4 nitrogen and oxygen atoms in total. The van der Waals surface area contributed by atoms with Crippen LogP contribution in [-0.2, 0) is 11.3 Å². The number of carbonyl (C=O) groups excluding carboxylic acids is 1. The molecule has 0 spiro atoms. The van der Waals surface area contributed by atoms with Crippen LogP contribution in [0.1, 0.15) is 19.4 Å². The van der Waals surface area contributed by atoms with Gasteiger partial charge in [-0.15, -0.1) is 0 Å². The largest absolute Gasteiger partial charge is 0.369 e. The van der Waals surface area contributed by atoms with Gasteiger partial charge in [-0.2, -0.15) is 0 Å². The van der Waals surface area contributed by atoms with Crippen LogP contribution in [-0.4, -0.2) is 28.4 Å². The van der Waals surface area contributed by atoms with Crippen molar-refractivity contribution in [1.29, 1.82) is 0 Å². The van der Waals surface area contributed by atoms with Gasteiger partial charge in [-0.25, -0.2) is 0 Å². The Balaban J connectivity index is 2.38. The van der Waals surface area contributed by atoms with Gasteiger partial charge < -0.3 is 5.73 Å². The summed E-state index contributed by atoms with van der Waals surface area (Å²) >= 11 is 6.15. The van der Waals surface area contributed by atoms with Crippen molar-refractivity contribution in [2.24, 2.45) is 5.73 Å². The van der Waals surface area contributed by atoms with Crippen LogP contribution in [0.4, 0.5) is 0 Å². The number of amides is 1. The number of nitrogens with two attached hydrogens (primary N) is 1. The quantitative estimate of drug-likeness (QED) is 0.921. The summed E-state index contributed by atoms with van der Waals surface area (Å²) in [4.78, 5) is 17.6. The van der Waals surface area contributed by atoms with E-state index in [-0.39, 0.29) is 18.5 Å².